The SMILES string of the molecule is CC(=O)O.CC(=O)O.CC(=O)O.CC(=O)O.Nc1ccc(N)c(O)c1O. The van der Waals surface area contributed by atoms with Gasteiger partial charge in [0.2, 0.25) is 0 Å². The van der Waals surface area contributed by atoms with Crippen LogP contribution >= 0.6 is 0 Å². The third-order valence-electron chi connectivity index (χ3n) is 1.21. The lowest BCUT2D eigenvalue weighted by atomic mass is 10.2. The highest BCUT2D eigenvalue weighted by Gasteiger charge is 2.05. The maximum absolute atomic E-state index is 9.00. The van der Waals surface area contributed by atoms with Crippen molar-refractivity contribution in [3.8, 4) is 11.5 Å². The summed E-state index contributed by atoms with van der Waals surface area (Å²) in [6, 6.07) is 2.84. The molecule has 0 bridgehead atoms. The number of hydrogen-bond acceptors (Lipinski definition) is 8. The van der Waals surface area contributed by atoms with Gasteiger partial charge in [-0.25, -0.2) is 0 Å². The molecule has 0 heterocycles. The number of carboxylic acid groups (broad SMARTS) is 4. The Kier molecular flexibility index (Phi) is 20.5. The van der Waals surface area contributed by atoms with E-state index in [2.05, 4.69) is 0 Å². The summed E-state index contributed by atoms with van der Waals surface area (Å²) in [5, 5.41) is 47.5. The quantitative estimate of drug-likeness (QED) is 0.228. The van der Waals surface area contributed by atoms with Crippen molar-refractivity contribution >= 4 is 35.3 Å². The van der Waals surface area contributed by atoms with E-state index in [-0.39, 0.29) is 22.9 Å². The molecule has 12 heteroatoms. The largest absolute Gasteiger partial charge is 0.503 e. The number of carbonyl (C=O) groups is 4. The lowest BCUT2D eigenvalue weighted by molar-refractivity contribution is -0.135. The first kappa shape index (κ1) is 30.2. The molecule has 10 N–H and O–H groups in total. The third kappa shape index (κ3) is 42.7. The molecule has 0 aromatic heterocycles. The minimum Gasteiger partial charge on any atom is -0.503 e. The lowest BCUT2D eigenvalue weighted by Gasteiger charge is -2.02. The van der Waals surface area contributed by atoms with Crippen molar-refractivity contribution < 1.29 is 49.8 Å². The number of hydrogen-bond donors (Lipinski definition) is 8. The molecule has 0 spiro atoms. The minimum absolute atomic E-state index is 0.117. The zero-order chi connectivity index (χ0) is 22.0. The molecule has 1 rings (SSSR count). The zero-order valence-corrected chi connectivity index (χ0v) is 14.6. The Bertz CT molecular complexity index is 496. The monoisotopic (exact) mass is 380 g/mol. The van der Waals surface area contributed by atoms with Gasteiger partial charge in [-0.15, -0.1) is 0 Å². The van der Waals surface area contributed by atoms with Crippen molar-refractivity contribution in [3.63, 3.8) is 0 Å². The number of carboxylic acids is 4. The fourth-order valence-electron chi connectivity index (χ4n) is 0.611. The molecular formula is C14H24N2O10. The van der Waals surface area contributed by atoms with Crippen LogP contribution < -0.4 is 11.5 Å². The van der Waals surface area contributed by atoms with Gasteiger partial charge in [-0.2, -0.15) is 0 Å². The Morgan fingerprint density at radius 2 is 0.731 bits per heavy atom. The van der Waals surface area contributed by atoms with E-state index in [0.29, 0.717) is 0 Å². The van der Waals surface area contributed by atoms with Crippen LogP contribution in [-0.4, -0.2) is 54.5 Å². The molecule has 0 atom stereocenters. The molecule has 0 aliphatic heterocycles. The molecule has 1 aromatic rings. The summed E-state index contributed by atoms with van der Waals surface area (Å²) in [5.41, 5.74) is 10.7. The van der Waals surface area contributed by atoms with Crippen LogP contribution in [0.4, 0.5) is 11.4 Å². The molecule has 26 heavy (non-hydrogen) atoms. The van der Waals surface area contributed by atoms with E-state index in [0.717, 1.165) is 27.7 Å². The molecule has 0 aliphatic rings. The van der Waals surface area contributed by atoms with Crippen molar-refractivity contribution in [3.05, 3.63) is 12.1 Å². The Morgan fingerprint density at radius 3 is 0.846 bits per heavy atom. The van der Waals surface area contributed by atoms with Crippen LogP contribution in [0.3, 0.4) is 0 Å². The van der Waals surface area contributed by atoms with E-state index in [1.165, 1.54) is 12.1 Å². The van der Waals surface area contributed by atoms with E-state index < -0.39 is 23.9 Å². The standard InChI is InChI=1S/C6H8N2O2.4C2H4O2/c7-3-1-2-4(8)6(10)5(3)9;4*1-2(3)4/h1-2,9-10H,7-8H2;4*1H3,(H,3,4). The number of anilines is 2. The predicted molar refractivity (Wildman–Crippen MR) is 91.8 cm³/mol. The van der Waals surface area contributed by atoms with Gasteiger partial charge in [0.15, 0.2) is 11.5 Å². The van der Waals surface area contributed by atoms with Crippen molar-refractivity contribution in [1.29, 1.82) is 0 Å². The van der Waals surface area contributed by atoms with Gasteiger partial charge in [0.25, 0.3) is 23.9 Å². The van der Waals surface area contributed by atoms with Crippen molar-refractivity contribution in [2.75, 3.05) is 11.5 Å². The van der Waals surface area contributed by atoms with Crippen molar-refractivity contribution in [2.24, 2.45) is 0 Å². The lowest BCUT2D eigenvalue weighted by Crippen LogP contribution is -1.89. The number of aliphatic carboxylic acids is 4. The van der Waals surface area contributed by atoms with Gasteiger partial charge in [0.05, 0.1) is 11.4 Å². The Balaban J connectivity index is -0.000000129. The highest BCUT2D eigenvalue weighted by molar-refractivity contribution is 5.69. The molecule has 0 saturated heterocycles. The summed E-state index contributed by atoms with van der Waals surface area (Å²) in [6.07, 6.45) is 0. The molecular weight excluding hydrogens is 356 g/mol. The molecule has 0 fully saturated rings. The average molecular weight is 380 g/mol. The molecule has 0 radical (unpaired) electrons. The van der Waals surface area contributed by atoms with Crippen LogP contribution in [0, 0.1) is 0 Å². The van der Waals surface area contributed by atoms with Crippen LogP contribution in [-0.2, 0) is 19.2 Å². The second kappa shape index (κ2) is 17.7. The second-order valence-corrected chi connectivity index (χ2v) is 4.02. The van der Waals surface area contributed by atoms with E-state index in [4.69, 9.17) is 61.3 Å². The van der Waals surface area contributed by atoms with Crippen LogP contribution in [0.25, 0.3) is 0 Å². The highest BCUT2D eigenvalue weighted by atomic mass is 16.4. The summed E-state index contributed by atoms with van der Waals surface area (Å²) in [7, 11) is 0. The number of aromatic hydroxyl groups is 2. The molecule has 12 nitrogen and oxygen atoms in total. The van der Waals surface area contributed by atoms with Crippen molar-refractivity contribution in [1.82, 2.24) is 0 Å². The molecule has 1 aromatic carbocycles. The van der Waals surface area contributed by atoms with Gasteiger partial charge in [0.1, 0.15) is 0 Å². The topological polar surface area (TPSA) is 242 Å². The minimum atomic E-state index is -0.833. The second-order valence-electron chi connectivity index (χ2n) is 4.02. The Labute approximate surface area is 148 Å². The summed E-state index contributed by atoms with van der Waals surface area (Å²) >= 11 is 0. The molecule has 0 aliphatic carbocycles. The zero-order valence-electron chi connectivity index (χ0n) is 14.6. The van der Waals surface area contributed by atoms with E-state index >= 15 is 0 Å². The molecule has 0 amide bonds. The van der Waals surface area contributed by atoms with Gasteiger partial charge in [-0.05, 0) is 12.1 Å². The normalized spacial score (nSPS) is 7.54. The number of benzene rings is 1. The van der Waals surface area contributed by atoms with Crippen LogP contribution in [0.2, 0.25) is 0 Å². The van der Waals surface area contributed by atoms with E-state index in [1.54, 1.807) is 0 Å². The number of phenolic OH excluding ortho intramolecular Hbond substituents is 2. The smallest absolute Gasteiger partial charge is 0.300 e. The first-order valence-corrected chi connectivity index (χ1v) is 6.40. The predicted octanol–water partition coefficient (Wildman–Crippen LogP) is 0.626. The summed E-state index contributed by atoms with van der Waals surface area (Å²) in [4.78, 5) is 36.0. The van der Waals surface area contributed by atoms with Gasteiger partial charge < -0.3 is 42.1 Å². The van der Waals surface area contributed by atoms with E-state index in [1.807, 2.05) is 0 Å². The van der Waals surface area contributed by atoms with Crippen LogP contribution in [0.1, 0.15) is 27.7 Å². The fourth-order valence-corrected chi connectivity index (χ4v) is 0.611. The van der Waals surface area contributed by atoms with Gasteiger partial charge in [-0.1, -0.05) is 0 Å². The first-order valence-electron chi connectivity index (χ1n) is 6.40. The number of rotatable bonds is 0. The van der Waals surface area contributed by atoms with Gasteiger partial charge in [-0.3, -0.25) is 19.2 Å². The summed E-state index contributed by atoms with van der Waals surface area (Å²) < 4.78 is 0. The maximum atomic E-state index is 9.00. The molecule has 0 saturated carbocycles. The van der Waals surface area contributed by atoms with Crippen LogP contribution in [0.5, 0.6) is 11.5 Å². The van der Waals surface area contributed by atoms with E-state index in [9.17, 15) is 0 Å². The number of nitrogen functional groups attached to an aromatic ring is 2. The average Bonchev–Trinajstić information content (AvgIpc) is 2.38. The fraction of sp³-hybridized carbons (Fsp3) is 0.286. The summed E-state index contributed by atoms with van der Waals surface area (Å²) in [6.45, 7) is 4.33. The van der Waals surface area contributed by atoms with Gasteiger partial charge >= 0.3 is 0 Å². The Hall–Kier alpha value is -3.70. The van der Waals surface area contributed by atoms with Gasteiger partial charge in [0, 0.05) is 27.7 Å². The van der Waals surface area contributed by atoms with Crippen molar-refractivity contribution in [2.45, 2.75) is 27.7 Å². The number of nitrogens with two attached hydrogens (primary N) is 2. The van der Waals surface area contributed by atoms with Crippen LogP contribution in [0.15, 0.2) is 12.1 Å². The highest BCUT2D eigenvalue weighted by Crippen LogP contribution is 2.35. The maximum Gasteiger partial charge on any atom is 0.300 e. The Morgan fingerprint density at radius 1 is 0.615 bits per heavy atom. The third-order valence-corrected chi connectivity index (χ3v) is 1.21. The molecule has 150 valence electrons. The summed E-state index contributed by atoms with van der Waals surface area (Å²) in [5.74, 6) is -4.06. The molecule has 0 unspecified atom stereocenters. The number of phenols is 2. The first-order chi connectivity index (χ1) is 11.6.